The first kappa shape index (κ1) is 18.3. The van der Waals surface area contributed by atoms with Crippen LogP contribution in [0.15, 0.2) is 47.5 Å². The van der Waals surface area contributed by atoms with E-state index in [-0.39, 0.29) is 29.9 Å². The lowest BCUT2D eigenvalue weighted by molar-refractivity contribution is -0.116. The zero-order chi connectivity index (χ0) is 19.6. The summed E-state index contributed by atoms with van der Waals surface area (Å²) in [5.41, 5.74) is -0.490. The van der Waals surface area contributed by atoms with Crippen molar-refractivity contribution in [2.75, 3.05) is 0 Å². The summed E-state index contributed by atoms with van der Waals surface area (Å²) in [7, 11) is 1.52. The van der Waals surface area contributed by atoms with Crippen LogP contribution in [0, 0.1) is 0 Å². The number of aromatic hydroxyl groups is 1. The van der Waals surface area contributed by atoms with Crippen molar-refractivity contribution in [2.24, 2.45) is 7.05 Å². The van der Waals surface area contributed by atoms with Crippen molar-refractivity contribution < 1.29 is 19.4 Å². The second-order valence-electron chi connectivity index (χ2n) is 6.18. The minimum absolute atomic E-state index is 0.0260. The van der Waals surface area contributed by atoms with E-state index in [1.54, 1.807) is 42.7 Å². The molecule has 3 aromatic rings. The van der Waals surface area contributed by atoms with Crippen LogP contribution in [0.1, 0.15) is 30.1 Å². The van der Waals surface area contributed by atoms with Crippen molar-refractivity contribution in [1.29, 1.82) is 0 Å². The second-order valence-corrected chi connectivity index (χ2v) is 6.18. The van der Waals surface area contributed by atoms with Gasteiger partial charge in [-0.15, -0.1) is 0 Å². The predicted molar refractivity (Wildman–Crippen MR) is 99.4 cm³/mol. The largest absolute Gasteiger partial charge is 0.506 e. The molecule has 2 heterocycles. The standard InChI is InChI=1S/C20H18N2O5/c1-12(23)3-6-17(24)18-19(25)15-5-4-14(11-16(15)22(2)20(18)26)27-13-7-9-21-10-8-13/h4-5,7-11,25H,3,6H2,1-2H3. The Morgan fingerprint density at radius 1 is 1.11 bits per heavy atom. The molecular formula is C20H18N2O5. The second kappa shape index (κ2) is 7.41. The lowest BCUT2D eigenvalue weighted by Crippen LogP contribution is -2.25. The molecular weight excluding hydrogens is 348 g/mol. The molecule has 0 amide bonds. The highest BCUT2D eigenvalue weighted by Gasteiger charge is 2.21. The van der Waals surface area contributed by atoms with Gasteiger partial charge in [-0.1, -0.05) is 0 Å². The van der Waals surface area contributed by atoms with Crippen molar-refractivity contribution in [1.82, 2.24) is 9.55 Å². The number of ether oxygens (including phenoxy) is 1. The summed E-state index contributed by atoms with van der Waals surface area (Å²) < 4.78 is 7.01. The molecule has 0 saturated heterocycles. The fraction of sp³-hybridized carbons (Fsp3) is 0.200. The average Bonchev–Trinajstić information content (AvgIpc) is 2.65. The van der Waals surface area contributed by atoms with Crippen molar-refractivity contribution in [3.63, 3.8) is 0 Å². The number of benzene rings is 1. The number of fused-ring (bicyclic) bond motifs is 1. The topological polar surface area (TPSA) is 98.5 Å². The Kier molecular flexibility index (Phi) is 5.03. The van der Waals surface area contributed by atoms with Gasteiger partial charge in [-0.25, -0.2) is 0 Å². The Hall–Kier alpha value is -3.48. The van der Waals surface area contributed by atoms with Crippen LogP contribution in [-0.4, -0.2) is 26.2 Å². The van der Waals surface area contributed by atoms with Gasteiger partial charge in [0.15, 0.2) is 5.78 Å². The Labute approximate surface area is 154 Å². The fourth-order valence-corrected chi connectivity index (χ4v) is 2.77. The smallest absolute Gasteiger partial charge is 0.265 e. The minimum Gasteiger partial charge on any atom is -0.506 e. The number of carbonyl (C=O) groups excluding carboxylic acids is 2. The number of aryl methyl sites for hydroxylation is 1. The zero-order valence-electron chi connectivity index (χ0n) is 14.9. The van der Waals surface area contributed by atoms with Crippen LogP contribution in [0.3, 0.4) is 0 Å². The summed E-state index contributed by atoms with van der Waals surface area (Å²) in [6, 6.07) is 8.22. The number of hydrogen-bond donors (Lipinski definition) is 1. The van der Waals surface area contributed by atoms with Gasteiger partial charge in [0.25, 0.3) is 5.56 Å². The third kappa shape index (κ3) is 3.72. The predicted octanol–water partition coefficient (Wildman–Crippen LogP) is 2.98. The number of aromatic nitrogens is 2. The third-order valence-corrected chi connectivity index (χ3v) is 4.21. The Balaban J connectivity index is 2.05. The first-order valence-corrected chi connectivity index (χ1v) is 8.34. The molecule has 0 saturated carbocycles. The molecule has 0 spiro atoms. The van der Waals surface area contributed by atoms with Crippen LogP contribution in [-0.2, 0) is 11.8 Å². The van der Waals surface area contributed by atoms with Gasteiger partial charge in [0.1, 0.15) is 28.6 Å². The van der Waals surface area contributed by atoms with Crippen LogP contribution in [0.5, 0.6) is 17.2 Å². The van der Waals surface area contributed by atoms with E-state index in [1.165, 1.54) is 18.5 Å². The Morgan fingerprint density at radius 3 is 2.48 bits per heavy atom. The zero-order valence-corrected chi connectivity index (χ0v) is 14.9. The molecule has 0 radical (unpaired) electrons. The Bertz CT molecular complexity index is 1090. The molecule has 0 fully saturated rings. The van der Waals surface area contributed by atoms with Crippen LogP contribution in [0.25, 0.3) is 10.9 Å². The van der Waals surface area contributed by atoms with Crippen molar-refractivity contribution >= 4 is 22.5 Å². The molecule has 0 bridgehead atoms. The minimum atomic E-state index is -0.616. The highest BCUT2D eigenvalue weighted by atomic mass is 16.5. The van der Waals surface area contributed by atoms with Gasteiger partial charge >= 0.3 is 0 Å². The number of ketones is 2. The van der Waals surface area contributed by atoms with Crippen LogP contribution >= 0.6 is 0 Å². The van der Waals surface area contributed by atoms with Gasteiger partial charge in [0.2, 0.25) is 0 Å². The van der Waals surface area contributed by atoms with E-state index >= 15 is 0 Å². The molecule has 3 rings (SSSR count). The maximum Gasteiger partial charge on any atom is 0.265 e. The van der Waals surface area contributed by atoms with Crippen LogP contribution in [0.2, 0.25) is 0 Å². The van der Waals surface area contributed by atoms with Crippen molar-refractivity contribution in [2.45, 2.75) is 19.8 Å². The molecule has 7 nitrogen and oxygen atoms in total. The highest BCUT2D eigenvalue weighted by Crippen LogP contribution is 2.31. The van der Waals surface area contributed by atoms with Crippen LogP contribution < -0.4 is 10.3 Å². The summed E-state index contributed by atoms with van der Waals surface area (Å²) in [6.45, 7) is 1.37. The quantitative estimate of drug-likeness (QED) is 0.674. The summed E-state index contributed by atoms with van der Waals surface area (Å²) in [6.07, 6.45) is 3.10. The van der Waals surface area contributed by atoms with Crippen LogP contribution in [0.4, 0.5) is 0 Å². The third-order valence-electron chi connectivity index (χ3n) is 4.21. The summed E-state index contributed by atoms with van der Waals surface area (Å²) in [5.74, 6) is -0.0360. The molecule has 0 aliphatic rings. The Morgan fingerprint density at radius 2 is 1.81 bits per heavy atom. The molecule has 1 aromatic carbocycles. The number of nitrogens with zero attached hydrogens (tertiary/aromatic N) is 2. The number of rotatable bonds is 6. The van der Waals surface area contributed by atoms with Gasteiger partial charge < -0.3 is 19.2 Å². The molecule has 0 atom stereocenters. The molecule has 0 aliphatic heterocycles. The van der Waals surface area contributed by atoms with E-state index in [9.17, 15) is 19.5 Å². The summed E-state index contributed by atoms with van der Waals surface area (Å²) >= 11 is 0. The SMILES string of the molecule is CC(=O)CCC(=O)c1c(O)c2ccc(Oc3ccncc3)cc2n(C)c1=O. The average molecular weight is 366 g/mol. The summed E-state index contributed by atoms with van der Waals surface area (Å²) in [4.78, 5) is 40.0. The molecule has 0 unspecified atom stereocenters. The number of carbonyl (C=O) groups is 2. The van der Waals surface area contributed by atoms with Gasteiger partial charge in [-0.3, -0.25) is 14.6 Å². The molecule has 1 N–H and O–H groups in total. The normalized spacial score (nSPS) is 10.7. The number of hydrogen-bond acceptors (Lipinski definition) is 6. The first-order valence-electron chi connectivity index (χ1n) is 8.34. The van der Waals surface area contributed by atoms with Gasteiger partial charge in [-0.05, 0) is 31.2 Å². The van der Waals surface area contributed by atoms with Gasteiger partial charge in [-0.2, -0.15) is 0 Å². The number of pyridine rings is 2. The van der Waals surface area contributed by atoms with Gasteiger partial charge in [0, 0.05) is 43.7 Å². The molecule has 0 aliphatic carbocycles. The molecule has 27 heavy (non-hydrogen) atoms. The first-order chi connectivity index (χ1) is 12.9. The highest BCUT2D eigenvalue weighted by molar-refractivity contribution is 6.04. The monoisotopic (exact) mass is 366 g/mol. The fourth-order valence-electron chi connectivity index (χ4n) is 2.77. The lowest BCUT2D eigenvalue weighted by atomic mass is 10.0. The number of Topliss-reactive ketones (excluding diaryl/α,β-unsaturated/α-hetero) is 2. The van der Waals surface area contributed by atoms with E-state index in [0.717, 1.165) is 0 Å². The molecule has 138 valence electrons. The maximum absolute atomic E-state index is 12.6. The van der Waals surface area contributed by atoms with E-state index in [0.29, 0.717) is 22.4 Å². The summed E-state index contributed by atoms with van der Waals surface area (Å²) in [5, 5.41) is 10.9. The molecule has 2 aromatic heterocycles. The van der Waals surface area contributed by atoms with Crippen molar-refractivity contribution in [3.05, 3.63) is 58.6 Å². The van der Waals surface area contributed by atoms with E-state index < -0.39 is 11.3 Å². The van der Waals surface area contributed by atoms with E-state index in [1.807, 2.05) is 0 Å². The van der Waals surface area contributed by atoms with E-state index in [4.69, 9.17) is 4.74 Å². The lowest BCUT2D eigenvalue weighted by Gasteiger charge is -2.13. The molecule has 7 heteroatoms. The maximum atomic E-state index is 12.6. The van der Waals surface area contributed by atoms with Gasteiger partial charge in [0.05, 0.1) is 5.52 Å². The van der Waals surface area contributed by atoms with Crippen molar-refractivity contribution in [3.8, 4) is 17.2 Å². The van der Waals surface area contributed by atoms with E-state index in [2.05, 4.69) is 4.98 Å².